The predicted octanol–water partition coefficient (Wildman–Crippen LogP) is 5.43. The number of nitrogens with zero attached hydrogens (tertiary/aromatic N) is 3. The third-order valence-corrected chi connectivity index (χ3v) is 13.9. The molecule has 9 nitrogen and oxygen atoms in total. The lowest BCUT2D eigenvalue weighted by Crippen LogP contribution is -2.40. The van der Waals surface area contributed by atoms with Gasteiger partial charge in [-0.25, -0.2) is 17.2 Å². The number of rotatable bonds is 8. The van der Waals surface area contributed by atoms with Crippen LogP contribution in [0.15, 0.2) is 76.7 Å². The van der Waals surface area contributed by atoms with Crippen molar-refractivity contribution >= 4 is 40.8 Å². The van der Waals surface area contributed by atoms with Crippen LogP contribution in [0.5, 0.6) is 0 Å². The molecule has 0 unspecified atom stereocenters. The highest BCUT2D eigenvalue weighted by Gasteiger charge is 2.37. The van der Waals surface area contributed by atoms with Gasteiger partial charge in [0.25, 0.3) is 15.6 Å². The zero-order valence-corrected chi connectivity index (χ0v) is 26.1. The lowest BCUT2D eigenvalue weighted by atomic mass is 10.00. The van der Waals surface area contributed by atoms with Gasteiger partial charge in [-0.05, 0) is 55.4 Å². The van der Waals surface area contributed by atoms with Crippen molar-refractivity contribution in [3.8, 4) is 0 Å². The molecular formula is C30H35N3O6SSi. The second-order valence-corrected chi connectivity index (χ2v) is 18.1. The number of aryl methyl sites for hydroxylation is 2. The fraction of sp³-hybridized carbons (Fsp3) is 0.300. The minimum absolute atomic E-state index is 0.0200. The van der Waals surface area contributed by atoms with Crippen molar-refractivity contribution in [3.05, 3.63) is 99.9 Å². The number of aromatic nitrogens is 3. The van der Waals surface area contributed by atoms with Gasteiger partial charge in [0.15, 0.2) is 8.32 Å². The maximum Gasteiger partial charge on any atom is 0.353 e. The molecule has 0 spiro atoms. The zero-order chi connectivity index (χ0) is 30.3. The van der Waals surface area contributed by atoms with Gasteiger partial charge in [-0.1, -0.05) is 50.6 Å². The number of pyridine rings is 2. The average molecular weight is 594 g/mol. The van der Waals surface area contributed by atoms with Crippen molar-refractivity contribution in [2.75, 3.05) is 6.61 Å². The van der Waals surface area contributed by atoms with Gasteiger partial charge >= 0.3 is 5.97 Å². The average Bonchev–Trinajstić information content (AvgIpc) is 3.32. The Morgan fingerprint density at radius 1 is 1.12 bits per heavy atom. The number of aromatic carboxylic acids is 1. The third-order valence-electron chi connectivity index (χ3n) is 7.64. The Balaban J connectivity index is 2.03. The molecule has 0 aliphatic rings. The fourth-order valence-corrected chi connectivity index (χ4v) is 6.67. The Labute approximate surface area is 240 Å². The van der Waals surface area contributed by atoms with Crippen LogP contribution in [0.4, 0.5) is 0 Å². The molecule has 1 aromatic carbocycles. The molecular weight excluding hydrogens is 558 g/mol. The van der Waals surface area contributed by atoms with Gasteiger partial charge in [-0.15, -0.1) is 0 Å². The summed E-state index contributed by atoms with van der Waals surface area (Å²) in [5.74, 6) is -1.48. The van der Waals surface area contributed by atoms with Gasteiger partial charge in [0.05, 0.1) is 17.2 Å². The largest absolute Gasteiger partial charge is 0.477 e. The molecule has 216 valence electrons. The maximum atomic E-state index is 13.8. The van der Waals surface area contributed by atoms with Crippen molar-refractivity contribution in [3.63, 3.8) is 0 Å². The van der Waals surface area contributed by atoms with Gasteiger partial charge in [0.1, 0.15) is 11.2 Å². The normalized spacial score (nSPS) is 13.1. The number of hydrogen-bond donors (Lipinski definition) is 1. The van der Waals surface area contributed by atoms with E-state index in [4.69, 9.17) is 4.43 Å². The Morgan fingerprint density at radius 2 is 1.78 bits per heavy atom. The molecule has 0 atom stereocenters. The molecule has 1 N–H and O–H groups in total. The van der Waals surface area contributed by atoms with Crippen molar-refractivity contribution in [1.82, 2.24) is 13.5 Å². The number of carbonyl (C=O) groups is 1. The first kappa shape index (κ1) is 30.2. The lowest BCUT2D eigenvalue weighted by molar-refractivity contribution is 0.0689. The first-order valence-electron chi connectivity index (χ1n) is 13.1. The predicted molar refractivity (Wildman–Crippen MR) is 162 cm³/mol. The smallest absolute Gasteiger partial charge is 0.353 e. The van der Waals surface area contributed by atoms with Gasteiger partial charge in [-0.3, -0.25) is 9.78 Å². The maximum absolute atomic E-state index is 13.8. The van der Waals surface area contributed by atoms with E-state index in [1.54, 1.807) is 36.7 Å². The highest BCUT2D eigenvalue weighted by molar-refractivity contribution is 7.90. The minimum Gasteiger partial charge on any atom is -0.477 e. The quantitative estimate of drug-likeness (QED) is 0.270. The molecule has 41 heavy (non-hydrogen) atoms. The molecule has 0 bridgehead atoms. The standard InChI is InChI=1S/C30H35N3O6SSi/c1-20-11-13-21(14-12-20)40(37,38)33-26(29(35)36)18-23-24(19-32(5)28(34)27(23)33)22(25-10-8-9-16-31-25)15-17-39-41(6,7)30(2,3)4/h8-16,18-19H,17H2,1-7H3,(H,35,36). The monoisotopic (exact) mass is 593 g/mol. The van der Waals surface area contributed by atoms with E-state index in [9.17, 15) is 23.1 Å². The molecule has 4 aromatic rings. The van der Waals surface area contributed by atoms with Crippen LogP contribution < -0.4 is 5.56 Å². The highest BCUT2D eigenvalue weighted by atomic mass is 32.2. The number of hydrogen-bond acceptors (Lipinski definition) is 6. The van der Waals surface area contributed by atoms with E-state index >= 15 is 0 Å². The van der Waals surface area contributed by atoms with E-state index in [0.29, 0.717) is 20.8 Å². The third kappa shape index (κ3) is 5.70. The van der Waals surface area contributed by atoms with Crippen molar-refractivity contribution in [2.45, 2.75) is 50.7 Å². The molecule has 0 fully saturated rings. The van der Waals surface area contributed by atoms with Crippen molar-refractivity contribution in [1.29, 1.82) is 0 Å². The number of carboxylic acid groups (broad SMARTS) is 1. The summed E-state index contributed by atoms with van der Waals surface area (Å²) in [6.07, 6.45) is 5.06. The molecule has 0 radical (unpaired) electrons. The summed E-state index contributed by atoms with van der Waals surface area (Å²) in [7, 11) is -5.06. The molecule has 4 rings (SSSR count). The van der Waals surface area contributed by atoms with E-state index < -0.39 is 35.6 Å². The summed E-state index contributed by atoms with van der Waals surface area (Å²) in [5, 5.41) is 10.3. The van der Waals surface area contributed by atoms with Crippen LogP contribution in [0.1, 0.15) is 48.1 Å². The molecule has 0 saturated heterocycles. The van der Waals surface area contributed by atoms with Crippen LogP contribution in [0.2, 0.25) is 18.1 Å². The second kappa shape index (κ2) is 10.9. The highest BCUT2D eigenvalue weighted by Crippen LogP contribution is 2.37. The van der Waals surface area contributed by atoms with E-state index in [2.05, 4.69) is 38.8 Å². The molecule has 0 saturated carbocycles. The van der Waals surface area contributed by atoms with E-state index in [1.165, 1.54) is 29.8 Å². The van der Waals surface area contributed by atoms with Gasteiger partial charge in [0, 0.05) is 36.0 Å². The minimum atomic E-state index is -4.45. The van der Waals surface area contributed by atoms with Gasteiger partial charge in [-0.2, -0.15) is 0 Å². The lowest BCUT2D eigenvalue weighted by Gasteiger charge is -2.35. The summed E-state index contributed by atoms with van der Waals surface area (Å²) >= 11 is 0. The number of fused-ring (bicyclic) bond motifs is 1. The number of benzene rings is 1. The van der Waals surface area contributed by atoms with Crippen molar-refractivity contribution in [2.24, 2.45) is 7.05 Å². The first-order valence-corrected chi connectivity index (χ1v) is 17.5. The van der Waals surface area contributed by atoms with Crippen LogP contribution in [-0.2, 0) is 21.5 Å². The van der Waals surface area contributed by atoms with E-state index in [1.807, 2.05) is 19.1 Å². The summed E-state index contributed by atoms with van der Waals surface area (Å²) in [6.45, 7) is 12.8. The van der Waals surface area contributed by atoms with Crippen LogP contribution >= 0.6 is 0 Å². The second-order valence-electron chi connectivity index (χ2n) is 11.5. The summed E-state index contributed by atoms with van der Waals surface area (Å²) in [4.78, 5) is 30.3. The van der Waals surface area contributed by atoms with Crippen LogP contribution in [0.25, 0.3) is 16.5 Å². The van der Waals surface area contributed by atoms with E-state index in [0.717, 1.165) is 5.56 Å². The molecule has 0 aliphatic carbocycles. The molecule has 3 heterocycles. The van der Waals surface area contributed by atoms with Gasteiger partial charge < -0.3 is 14.1 Å². The number of carboxylic acids is 1. The van der Waals surface area contributed by atoms with E-state index in [-0.39, 0.29) is 27.4 Å². The van der Waals surface area contributed by atoms with Crippen LogP contribution in [0.3, 0.4) is 0 Å². The summed E-state index contributed by atoms with van der Waals surface area (Å²) in [5.41, 5.74) is 1.01. The first-order chi connectivity index (χ1) is 19.1. The van der Waals surface area contributed by atoms with Gasteiger partial charge in [0.2, 0.25) is 0 Å². The molecule has 0 aliphatic heterocycles. The Bertz CT molecular complexity index is 1810. The SMILES string of the molecule is Cc1ccc(S(=O)(=O)n2c(C(=O)O)cc3c(C(=CCO[Si](C)(C)C(C)(C)C)c4ccccn4)cn(C)c(=O)c32)cc1. The molecule has 3 aromatic heterocycles. The summed E-state index contributed by atoms with van der Waals surface area (Å²) < 4.78 is 36.0. The molecule has 11 heteroatoms. The molecule has 0 amide bonds. The Kier molecular flexibility index (Phi) is 8.00. The zero-order valence-electron chi connectivity index (χ0n) is 24.3. The summed E-state index contributed by atoms with van der Waals surface area (Å²) in [6, 6.07) is 12.7. The van der Waals surface area contributed by atoms with Crippen molar-refractivity contribution < 1.29 is 22.7 Å². The van der Waals surface area contributed by atoms with Crippen LogP contribution in [0, 0.1) is 6.92 Å². The Morgan fingerprint density at radius 3 is 2.34 bits per heavy atom. The fourth-order valence-electron chi connectivity index (χ4n) is 4.24. The Hall–Kier alpha value is -3.80. The topological polar surface area (TPSA) is 120 Å². The van der Waals surface area contributed by atoms with Crippen LogP contribution in [-0.4, -0.2) is 47.9 Å².